The molecule has 5 heteroatoms. The van der Waals surface area contributed by atoms with Crippen LogP contribution in [0.1, 0.15) is 47.0 Å². The van der Waals surface area contributed by atoms with Gasteiger partial charge in [-0.1, -0.05) is 13.8 Å². The molecule has 0 radical (unpaired) electrons. The van der Waals surface area contributed by atoms with Crippen LogP contribution in [0, 0.1) is 11.3 Å². The van der Waals surface area contributed by atoms with Crippen LogP contribution in [0.15, 0.2) is 0 Å². The summed E-state index contributed by atoms with van der Waals surface area (Å²) in [6, 6.07) is 0.431. The number of piperidine rings is 1. The Kier molecular flexibility index (Phi) is 7.94. The number of carbonyl (C=O) groups is 1. The third-order valence-corrected chi connectivity index (χ3v) is 3.58. The topological polar surface area (TPSA) is 61.4 Å². The molecule has 1 saturated heterocycles. The first kappa shape index (κ1) is 18.7. The smallest absolute Gasteiger partial charge is 0.223 e. The van der Waals surface area contributed by atoms with E-state index in [1.54, 1.807) is 6.92 Å². The quantitative estimate of drug-likeness (QED) is 0.723. The molecule has 1 aliphatic heterocycles. The first-order chi connectivity index (χ1) is 8.30. The molecule has 3 atom stereocenters. The lowest BCUT2D eigenvalue weighted by molar-refractivity contribution is -0.126. The van der Waals surface area contributed by atoms with Crippen molar-refractivity contribution in [1.82, 2.24) is 10.6 Å². The first-order valence-electron chi connectivity index (χ1n) is 6.99. The fourth-order valence-corrected chi connectivity index (χ4v) is 2.71. The molecule has 0 saturated carbocycles. The van der Waals surface area contributed by atoms with Crippen LogP contribution in [-0.4, -0.2) is 36.2 Å². The maximum atomic E-state index is 12.1. The second-order valence-electron chi connectivity index (χ2n) is 6.51. The Balaban J connectivity index is 0.00000324. The Morgan fingerprint density at radius 3 is 2.68 bits per heavy atom. The summed E-state index contributed by atoms with van der Waals surface area (Å²) in [6.07, 6.45) is 2.22. The zero-order valence-corrected chi connectivity index (χ0v) is 13.3. The molecule has 1 unspecified atom stereocenters. The van der Waals surface area contributed by atoms with E-state index in [2.05, 4.69) is 31.4 Å². The van der Waals surface area contributed by atoms with Gasteiger partial charge in [0.15, 0.2) is 0 Å². The van der Waals surface area contributed by atoms with Crippen molar-refractivity contribution in [3.63, 3.8) is 0 Å². The van der Waals surface area contributed by atoms with Crippen LogP contribution in [0.2, 0.25) is 0 Å². The molecule has 0 bridgehead atoms. The molecule has 1 heterocycles. The Morgan fingerprint density at radius 1 is 1.53 bits per heavy atom. The fraction of sp³-hybridized carbons (Fsp3) is 0.929. The number of hydrogen-bond acceptors (Lipinski definition) is 3. The normalized spacial score (nSPS) is 25.3. The molecular formula is C14H29ClN2O2. The predicted octanol–water partition coefficient (Wildman–Crippen LogP) is 1.71. The van der Waals surface area contributed by atoms with Crippen molar-refractivity contribution < 1.29 is 9.90 Å². The molecule has 1 amide bonds. The van der Waals surface area contributed by atoms with Crippen LogP contribution in [0.4, 0.5) is 0 Å². The number of amides is 1. The minimum absolute atomic E-state index is 0. The van der Waals surface area contributed by atoms with Gasteiger partial charge in [0, 0.05) is 18.5 Å². The van der Waals surface area contributed by atoms with Gasteiger partial charge in [-0.15, -0.1) is 12.4 Å². The molecule has 114 valence electrons. The zero-order chi connectivity index (χ0) is 13.8. The number of rotatable bonds is 5. The molecule has 0 spiro atoms. The van der Waals surface area contributed by atoms with E-state index in [1.807, 2.05) is 0 Å². The van der Waals surface area contributed by atoms with Crippen molar-refractivity contribution >= 4 is 18.3 Å². The van der Waals surface area contributed by atoms with Gasteiger partial charge in [0.05, 0.1) is 6.10 Å². The summed E-state index contributed by atoms with van der Waals surface area (Å²) >= 11 is 0. The molecule has 0 aromatic rings. The van der Waals surface area contributed by atoms with E-state index in [0.717, 1.165) is 19.4 Å². The molecule has 0 aliphatic carbocycles. The summed E-state index contributed by atoms with van der Waals surface area (Å²) in [4.78, 5) is 12.1. The van der Waals surface area contributed by atoms with Crippen LogP contribution < -0.4 is 10.6 Å². The SMILES string of the molecule is CC(O)CC(C)(C)CNC(=O)[C@H]1CCN[C@@H](C)C1.Cl. The molecule has 4 nitrogen and oxygen atoms in total. The van der Waals surface area contributed by atoms with Gasteiger partial charge in [-0.3, -0.25) is 4.79 Å². The second-order valence-corrected chi connectivity index (χ2v) is 6.51. The summed E-state index contributed by atoms with van der Waals surface area (Å²) in [7, 11) is 0. The Morgan fingerprint density at radius 2 is 2.16 bits per heavy atom. The van der Waals surface area contributed by atoms with Gasteiger partial charge in [-0.2, -0.15) is 0 Å². The van der Waals surface area contributed by atoms with Crippen molar-refractivity contribution in [1.29, 1.82) is 0 Å². The van der Waals surface area contributed by atoms with E-state index in [4.69, 9.17) is 0 Å². The third kappa shape index (κ3) is 7.14. The van der Waals surface area contributed by atoms with Crippen molar-refractivity contribution in [3.8, 4) is 0 Å². The third-order valence-electron chi connectivity index (χ3n) is 3.58. The van der Waals surface area contributed by atoms with E-state index < -0.39 is 0 Å². The van der Waals surface area contributed by atoms with E-state index in [0.29, 0.717) is 19.0 Å². The highest BCUT2D eigenvalue weighted by atomic mass is 35.5. The number of hydrogen-bond donors (Lipinski definition) is 3. The summed E-state index contributed by atoms with van der Waals surface area (Å²) in [6.45, 7) is 9.62. The van der Waals surface area contributed by atoms with Crippen molar-refractivity contribution in [2.24, 2.45) is 11.3 Å². The van der Waals surface area contributed by atoms with Crippen molar-refractivity contribution in [3.05, 3.63) is 0 Å². The van der Waals surface area contributed by atoms with E-state index >= 15 is 0 Å². The van der Waals surface area contributed by atoms with Crippen LogP contribution in [0.3, 0.4) is 0 Å². The van der Waals surface area contributed by atoms with E-state index in [9.17, 15) is 9.90 Å². The monoisotopic (exact) mass is 292 g/mol. The van der Waals surface area contributed by atoms with Crippen LogP contribution in [0.5, 0.6) is 0 Å². The van der Waals surface area contributed by atoms with Gasteiger partial charge in [-0.05, 0) is 45.1 Å². The number of aliphatic hydroxyl groups excluding tert-OH is 1. The highest BCUT2D eigenvalue weighted by Crippen LogP contribution is 2.22. The predicted molar refractivity (Wildman–Crippen MR) is 80.5 cm³/mol. The lowest BCUT2D eigenvalue weighted by Crippen LogP contribution is -2.44. The number of nitrogens with one attached hydrogen (secondary N) is 2. The average Bonchev–Trinajstić information content (AvgIpc) is 2.24. The summed E-state index contributed by atoms with van der Waals surface area (Å²) in [5.41, 5.74) is -0.0532. The first-order valence-corrected chi connectivity index (χ1v) is 6.99. The van der Waals surface area contributed by atoms with Gasteiger partial charge >= 0.3 is 0 Å². The molecule has 0 aromatic heterocycles. The largest absolute Gasteiger partial charge is 0.393 e. The number of halogens is 1. The highest BCUT2D eigenvalue weighted by Gasteiger charge is 2.27. The highest BCUT2D eigenvalue weighted by molar-refractivity contribution is 5.85. The van der Waals surface area contributed by atoms with Gasteiger partial charge in [0.1, 0.15) is 0 Å². The second kappa shape index (κ2) is 8.08. The fourth-order valence-electron chi connectivity index (χ4n) is 2.71. The molecule has 1 fully saturated rings. The molecule has 0 aromatic carbocycles. The zero-order valence-electron chi connectivity index (χ0n) is 12.5. The Hall–Kier alpha value is -0.320. The molecular weight excluding hydrogens is 264 g/mol. The maximum absolute atomic E-state index is 12.1. The van der Waals surface area contributed by atoms with Gasteiger partial charge in [0.25, 0.3) is 0 Å². The van der Waals surface area contributed by atoms with Gasteiger partial charge in [0.2, 0.25) is 5.91 Å². The number of carbonyl (C=O) groups excluding carboxylic acids is 1. The molecule has 3 N–H and O–H groups in total. The standard InChI is InChI=1S/C14H28N2O2.ClH/c1-10-7-12(5-6-15-10)13(18)16-9-14(3,4)8-11(2)17;/h10-12,15,17H,5-9H2,1-4H3,(H,16,18);1H/t10-,11?,12-;/m0./s1. The lowest BCUT2D eigenvalue weighted by Gasteiger charge is -2.30. The lowest BCUT2D eigenvalue weighted by atomic mass is 9.86. The Labute approximate surface area is 123 Å². The summed E-state index contributed by atoms with van der Waals surface area (Å²) < 4.78 is 0. The number of aliphatic hydroxyl groups is 1. The summed E-state index contributed by atoms with van der Waals surface area (Å²) in [5.74, 6) is 0.311. The maximum Gasteiger partial charge on any atom is 0.223 e. The van der Waals surface area contributed by atoms with Crippen LogP contribution in [-0.2, 0) is 4.79 Å². The van der Waals surface area contributed by atoms with E-state index in [1.165, 1.54) is 0 Å². The minimum atomic E-state index is -0.323. The minimum Gasteiger partial charge on any atom is -0.393 e. The van der Waals surface area contributed by atoms with Crippen molar-refractivity contribution in [2.75, 3.05) is 13.1 Å². The van der Waals surface area contributed by atoms with E-state index in [-0.39, 0.29) is 35.8 Å². The van der Waals surface area contributed by atoms with Crippen molar-refractivity contribution in [2.45, 2.75) is 59.1 Å². The molecule has 1 rings (SSSR count). The average molecular weight is 293 g/mol. The van der Waals surface area contributed by atoms with Gasteiger partial charge in [-0.25, -0.2) is 0 Å². The Bertz CT molecular complexity index is 283. The molecule has 1 aliphatic rings. The van der Waals surface area contributed by atoms with Crippen LogP contribution >= 0.6 is 12.4 Å². The van der Waals surface area contributed by atoms with Gasteiger partial charge < -0.3 is 15.7 Å². The summed E-state index contributed by atoms with van der Waals surface area (Å²) in [5, 5.41) is 15.8. The van der Waals surface area contributed by atoms with Crippen LogP contribution in [0.25, 0.3) is 0 Å². The molecule has 19 heavy (non-hydrogen) atoms.